The number of hydrogen-bond donors (Lipinski definition) is 1. The molecule has 4 nitrogen and oxygen atoms in total. The summed E-state index contributed by atoms with van der Waals surface area (Å²) in [4.78, 5) is 4.15. The average Bonchev–Trinajstić information content (AvgIpc) is 2.74. The molecule has 0 unspecified atom stereocenters. The molecule has 0 atom stereocenters. The summed E-state index contributed by atoms with van der Waals surface area (Å²) in [7, 11) is 0. The molecule has 0 amide bonds. The van der Waals surface area contributed by atoms with E-state index in [1.54, 1.807) is 0 Å². The van der Waals surface area contributed by atoms with Crippen LogP contribution in [0.4, 0.5) is 0 Å². The molecule has 0 saturated carbocycles. The molecule has 0 bridgehead atoms. The van der Waals surface area contributed by atoms with Crippen LogP contribution in [0.15, 0.2) is 29.0 Å². The van der Waals surface area contributed by atoms with E-state index in [4.69, 9.17) is 9.15 Å². The molecular formula is C14H18N2O2. The molecule has 2 aromatic rings. The zero-order valence-electron chi connectivity index (χ0n) is 10.8. The topological polar surface area (TPSA) is 47.3 Å². The SMILES string of the molecule is CC(C)NCC1(c2ccc3ncoc3c2)COC1. The van der Waals surface area contributed by atoms with Crippen molar-refractivity contribution in [1.82, 2.24) is 10.3 Å². The molecule has 1 aromatic carbocycles. The van der Waals surface area contributed by atoms with Crippen molar-refractivity contribution in [1.29, 1.82) is 0 Å². The van der Waals surface area contributed by atoms with Crippen LogP contribution in [0.1, 0.15) is 19.4 Å². The first-order valence-electron chi connectivity index (χ1n) is 6.34. The molecule has 18 heavy (non-hydrogen) atoms. The van der Waals surface area contributed by atoms with Gasteiger partial charge in [0, 0.05) is 12.6 Å². The molecular weight excluding hydrogens is 228 g/mol. The number of nitrogens with zero attached hydrogens (tertiary/aromatic N) is 1. The van der Waals surface area contributed by atoms with Gasteiger partial charge in [-0.25, -0.2) is 4.98 Å². The molecule has 1 saturated heterocycles. The van der Waals surface area contributed by atoms with Crippen LogP contribution in [0, 0.1) is 0 Å². The van der Waals surface area contributed by atoms with Crippen molar-refractivity contribution in [2.75, 3.05) is 19.8 Å². The highest BCUT2D eigenvalue weighted by Crippen LogP contribution is 2.33. The van der Waals surface area contributed by atoms with Crippen molar-refractivity contribution in [3.8, 4) is 0 Å². The fraction of sp³-hybridized carbons (Fsp3) is 0.500. The van der Waals surface area contributed by atoms with E-state index in [1.807, 2.05) is 6.07 Å². The van der Waals surface area contributed by atoms with Crippen molar-refractivity contribution in [3.63, 3.8) is 0 Å². The Hall–Kier alpha value is -1.39. The molecule has 1 aliphatic rings. The number of rotatable bonds is 4. The molecule has 3 rings (SSSR count). The van der Waals surface area contributed by atoms with E-state index < -0.39 is 0 Å². The predicted molar refractivity (Wildman–Crippen MR) is 69.6 cm³/mol. The van der Waals surface area contributed by atoms with Gasteiger partial charge in [0.15, 0.2) is 12.0 Å². The summed E-state index contributed by atoms with van der Waals surface area (Å²) in [6.45, 7) is 6.79. The lowest BCUT2D eigenvalue weighted by Crippen LogP contribution is -2.54. The summed E-state index contributed by atoms with van der Waals surface area (Å²) >= 11 is 0. The number of aromatic nitrogens is 1. The van der Waals surface area contributed by atoms with Crippen molar-refractivity contribution >= 4 is 11.1 Å². The molecule has 2 heterocycles. The van der Waals surface area contributed by atoms with E-state index in [1.165, 1.54) is 12.0 Å². The van der Waals surface area contributed by atoms with Gasteiger partial charge in [-0.05, 0) is 17.7 Å². The van der Waals surface area contributed by atoms with Gasteiger partial charge in [0.2, 0.25) is 0 Å². The second-order valence-corrected chi connectivity index (χ2v) is 5.34. The van der Waals surface area contributed by atoms with E-state index in [0.717, 1.165) is 30.9 Å². The first kappa shape index (κ1) is 11.7. The maximum absolute atomic E-state index is 5.43. The minimum atomic E-state index is 0.0885. The van der Waals surface area contributed by atoms with Gasteiger partial charge in [0.1, 0.15) is 5.52 Å². The molecule has 0 radical (unpaired) electrons. The Morgan fingerprint density at radius 1 is 1.39 bits per heavy atom. The second kappa shape index (κ2) is 4.37. The summed E-state index contributed by atoms with van der Waals surface area (Å²) in [5, 5.41) is 3.50. The van der Waals surface area contributed by atoms with Crippen LogP contribution in [0.3, 0.4) is 0 Å². The van der Waals surface area contributed by atoms with E-state index in [0.29, 0.717) is 6.04 Å². The largest absolute Gasteiger partial charge is 0.443 e. The summed E-state index contributed by atoms with van der Waals surface area (Å²) in [5.74, 6) is 0. The molecule has 1 aromatic heterocycles. The van der Waals surface area contributed by atoms with E-state index in [-0.39, 0.29) is 5.41 Å². The highest BCUT2D eigenvalue weighted by molar-refractivity contribution is 5.73. The fourth-order valence-corrected chi connectivity index (χ4v) is 2.30. The molecule has 1 aliphatic heterocycles. The van der Waals surface area contributed by atoms with Gasteiger partial charge < -0.3 is 14.5 Å². The van der Waals surface area contributed by atoms with Crippen LogP contribution in [0.2, 0.25) is 0 Å². The van der Waals surface area contributed by atoms with Gasteiger partial charge in [0.25, 0.3) is 0 Å². The summed E-state index contributed by atoms with van der Waals surface area (Å²) < 4.78 is 10.8. The Balaban J connectivity index is 1.90. The lowest BCUT2D eigenvalue weighted by atomic mass is 9.78. The first-order chi connectivity index (χ1) is 8.70. The van der Waals surface area contributed by atoms with Gasteiger partial charge in [-0.15, -0.1) is 0 Å². The van der Waals surface area contributed by atoms with Crippen molar-refractivity contribution in [2.45, 2.75) is 25.3 Å². The maximum atomic E-state index is 5.43. The molecule has 1 N–H and O–H groups in total. The number of nitrogens with one attached hydrogen (secondary N) is 1. The maximum Gasteiger partial charge on any atom is 0.181 e. The third-order valence-corrected chi connectivity index (χ3v) is 3.55. The van der Waals surface area contributed by atoms with Crippen molar-refractivity contribution in [2.24, 2.45) is 0 Å². The molecule has 4 heteroatoms. The zero-order valence-corrected chi connectivity index (χ0v) is 10.8. The summed E-state index contributed by atoms with van der Waals surface area (Å²) in [5.41, 5.74) is 3.12. The number of oxazole rings is 1. The van der Waals surface area contributed by atoms with Crippen LogP contribution in [0.5, 0.6) is 0 Å². The number of ether oxygens (including phenoxy) is 1. The Bertz CT molecular complexity index is 543. The number of benzene rings is 1. The lowest BCUT2D eigenvalue weighted by molar-refractivity contribution is -0.0596. The highest BCUT2D eigenvalue weighted by atomic mass is 16.5. The van der Waals surface area contributed by atoms with Gasteiger partial charge in [-0.2, -0.15) is 0 Å². The predicted octanol–water partition coefficient (Wildman–Crippen LogP) is 2.09. The molecule has 0 aliphatic carbocycles. The standard InChI is InChI=1S/C14H18N2O2/c1-10(2)15-6-14(7-17-8-14)11-3-4-12-13(5-11)18-9-16-12/h3-5,9-10,15H,6-8H2,1-2H3. The van der Waals surface area contributed by atoms with Crippen molar-refractivity contribution < 1.29 is 9.15 Å². The third kappa shape index (κ3) is 1.91. The molecule has 96 valence electrons. The quantitative estimate of drug-likeness (QED) is 0.897. The fourth-order valence-electron chi connectivity index (χ4n) is 2.30. The average molecular weight is 246 g/mol. The summed E-state index contributed by atoms with van der Waals surface area (Å²) in [6, 6.07) is 6.72. The van der Waals surface area contributed by atoms with Gasteiger partial charge >= 0.3 is 0 Å². The number of hydrogen-bond acceptors (Lipinski definition) is 4. The van der Waals surface area contributed by atoms with Crippen LogP contribution in [-0.4, -0.2) is 30.8 Å². The zero-order chi connectivity index (χ0) is 12.6. The minimum absolute atomic E-state index is 0.0885. The highest BCUT2D eigenvalue weighted by Gasteiger charge is 2.40. The number of fused-ring (bicyclic) bond motifs is 1. The Morgan fingerprint density at radius 2 is 2.22 bits per heavy atom. The summed E-state index contributed by atoms with van der Waals surface area (Å²) in [6.07, 6.45) is 1.49. The third-order valence-electron chi connectivity index (χ3n) is 3.55. The Morgan fingerprint density at radius 3 is 2.89 bits per heavy atom. The lowest BCUT2D eigenvalue weighted by Gasteiger charge is -2.42. The molecule has 1 fully saturated rings. The second-order valence-electron chi connectivity index (χ2n) is 5.34. The monoisotopic (exact) mass is 246 g/mol. The Kier molecular flexibility index (Phi) is 2.84. The van der Waals surface area contributed by atoms with Gasteiger partial charge in [-0.1, -0.05) is 19.9 Å². The van der Waals surface area contributed by atoms with E-state index >= 15 is 0 Å². The minimum Gasteiger partial charge on any atom is -0.443 e. The normalized spacial score (nSPS) is 18.2. The Labute approximate surface area is 106 Å². The van der Waals surface area contributed by atoms with E-state index in [9.17, 15) is 0 Å². The van der Waals surface area contributed by atoms with Gasteiger partial charge in [-0.3, -0.25) is 0 Å². The smallest absolute Gasteiger partial charge is 0.181 e. The van der Waals surface area contributed by atoms with Crippen LogP contribution in [-0.2, 0) is 10.2 Å². The van der Waals surface area contributed by atoms with Crippen LogP contribution >= 0.6 is 0 Å². The first-order valence-corrected chi connectivity index (χ1v) is 6.34. The van der Waals surface area contributed by atoms with Crippen LogP contribution in [0.25, 0.3) is 11.1 Å². The van der Waals surface area contributed by atoms with Crippen LogP contribution < -0.4 is 5.32 Å². The van der Waals surface area contributed by atoms with E-state index in [2.05, 4.69) is 36.3 Å². The van der Waals surface area contributed by atoms with Crippen molar-refractivity contribution in [3.05, 3.63) is 30.2 Å². The molecule has 0 spiro atoms. The van der Waals surface area contributed by atoms with Gasteiger partial charge in [0.05, 0.1) is 18.6 Å².